The monoisotopic (exact) mass is 314 g/mol. The summed E-state index contributed by atoms with van der Waals surface area (Å²) in [5.41, 5.74) is 0.750. The van der Waals surface area contributed by atoms with Gasteiger partial charge in [-0.3, -0.25) is 0 Å². The maximum absolute atomic E-state index is 9.23. The summed E-state index contributed by atoms with van der Waals surface area (Å²) in [4.78, 5) is 0. The van der Waals surface area contributed by atoms with Gasteiger partial charge in [0.2, 0.25) is 0 Å². The van der Waals surface area contributed by atoms with E-state index in [-0.39, 0.29) is 16.6 Å². The zero-order valence-electron chi connectivity index (χ0n) is 10.5. The molecule has 0 heterocycles. The van der Waals surface area contributed by atoms with Crippen LogP contribution in [0.2, 0.25) is 16.6 Å². The summed E-state index contributed by atoms with van der Waals surface area (Å²) in [5, 5.41) is 0. The molecule has 0 aromatic heterocycles. The molecule has 0 radical (unpaired) electrons. The number of hydrogen-bond donors (Lipinski definition) is 3. The Morgan fingerprint density at radius 1 is 0.800 bits per heavy atom. The second kappa shape index (κ2) is 5.52. The van der Waals surface area contributed by atoms with E-state index in [1.54, 1.807) is 0 Å². The second-order valence-corrected chi connectivity index (χ2v) is 14.7. The first-order valence-electron chi connectivity index (χ1n) is 5.41. The third-order valence-electron chi connectivity index (χ3n) is 3.02. The van der Waals surface area contributed by atoms with Gasteiger partial charge in [0.25, 0.3) is 0 Å². The second-order valence-electron chi connectivity index (χ2n) is 4.99. The maximum atomic E-state index is 9.23. The molecule has 3 N–H and O–H groups in total. The minimum absolute atomic E-state index is 0.250. The van der Waals surface area contributed by atoms with Crippen molar-refractivity contribution in [2.75, 3.05) is 0 Å². The predicted octanol–water partition coefficient (Wildman–Crippen LogP) is 1.97. The molecule has 0 saturated heterocycles. The first-order valence-corrected chi connectivity index (χ1v) is 11.9. The molecule has 0 aliphatic carbocycles. The van der Waals surface area contributed by atoms with Gasteiger partial charge in [0.05, 0.1) is 0 Å². The Kier molecular flexibility index (Phi) is 5.86. The van der Waals surface area contributed by atoms with E-state index in [9.17, 15) is 9.55 Å². The Morgan fingerprint density at radius 3 is 1.13 bits per heavy atom. The van der Waals surface area contributed by atoms with Gasteiger partial charge in [0.1, 0.15) is 0 Å². The molecule has 0 aromatic carbocycles. The van der Waals surface area contributed by atoms with Crippen molar-refractivity contribution in [3.05, 3.63) is 0 Å². The van der Waals surface area contributed by atoms with Gasteiger partial charge >= 0.3 is 101 Å². The molecule has 0 spiro atoms. The van der Waals surface area contributed by atoms with Crippen LogP contribution in [0.25, 0.3) is 0 Å². The van der Waals surface area contributed by atoms with Gasteiger partial charge in [0.15, 0.2) is 0 Å². The van der Waals surface area contributed by atoms with E-state index in [1.807, 2.05) is 41.5 Å². The Bertz CT molecular complexity index is 179. The zero-order chi connectivity index (χ0) is 12.4. The molecule has 92 valence electrons. The molecule has 0 rings (SSSR count). The van der Waals surface area contributed by atoms with Crippen LogP contribution in [0, 0.1) is 0 Å². The summed E-state index contributed by atoms with van der Waals surface area (Å²) in [5.74, 6) is 0. The Balaban J connectivity index is 5.15. The van der Waals surface area contributed by atoms with Gasteiger partial charge in [-0.15, -0.1) is 0 Å². The molecule has 0 amide bonds. The van der Waals surface area contributed by atoms with Crippen LogP contribution in [0.1, 0.15) is 41.5 Å². The first kappa shape index (κ1) is 15.9. The Morgan fingerprint density at radius 2 is 1.07 bits per heavy atom. The van der Waals surface area contributed by atoms with Crippen molar-refractivity contribution in [2.24, 2.45) is 0 Å². The van der Waals surface area contributed by atoms with Crippen LogP contribution in [0.5, 0.6) is 0 Å². The van der Waals surface area contributed by atoms with Crippen LogP contribution in [0.15, 0.2) is 0 Å². The van der Waals surface area contributed by atoms with Gasteiger partial charge in [0, 0.05) is 0 Å². The summed E-state index contributed by atoms with van der Waals surface area (Å²) >= 11 is -5.14. The van der Waals surface area contributed by atoms with E-state index in [2.05, 4.69) is 0 Å². The molecule has 0 saturated carbocycles. The molecule has 15 heavy (non-hydrogen) atoms. The summed E-state index contributed by atoms with van der Waals surface area (Å²) in [6, 6.07) is 0. The molecule has 0 aromatic rings. The van der Waals surface area contributed by atoms with Crippen LogP contribution in [0.3, 0.4) is 0 Å². The molecule has 0 unspecified atom stereocenters. The third-order valence-corrected chi connectivity index (χ3v) is 13.7. The molecule has 0 bridgehead atoms. The summed E-state index contributed by atoms with van der Waals surface area (Å²) < 4.78 is 33.1. The van der Waals surface area contributed by atoms with Gasteiger partial charge in [-0.25, -0.2) is 0 Å². The van der Waals surface area contributed by atoms with E-state index < -0.39 is 30.3 Å². The van der Waals surface area contributed by atoms with Crippen molar-refractivity contribution >= 4 is 8.32 Å². The van der Waals surface area contributed by atoms with Crippen LogP contribution in [-0.2, 0) is 24.5 Å². The average molecular weight is 316 g/mol. The molecule has 0 aliphatic heterocycles. The third kappa shape index (κ3) is 4.02. The van der Waals surface area contributed by atoms with Crippen molar-refractivity contribution in [3.8, 4) is 0 Å². The molecular weight excluding hydrogens is 291 g/mol. The molecule has 6 heteroatoms. The SMILES string of the molecule is CC(C)[Si]([O][Zr]([OH])([OH])[OH])(C(C)C)C(C)C. The molecule has 0 aliphatic rings. The topological polar surface area (TPSA) is 69.9 Å². The van der Waals surface area contributed by atoms with Crippen molar-refractivity contribution in [3.63, 3.8) is 0 Å². The normalized spacial score (nSPS) is 14.4. The molecular formula is C9H24O4SiZr. The summed E-state index contributed by atoms with van der Waals surface area (Å²) in [7, 11) is -2.32. The van der Waals surface area contributed by atoms with Crippen molar-refractivity contribution in [1.29, 1.82) is 0 Å². The average Bonchev–Trinajstić information content (AvgIpc) is 1.96. The van der Waals surface area contributed by atoms with Crippen molar-refractivity contribution < 1.29 is 34.1 Å². The first-order chi connectivity index (χ1) is 6.54. The van der Waals surface area contributed by atoms with Crippen molar-refractivity contribution in [1.82, 2.24) is 0 Å². The van der Waals surface area contributed by atoms with Gasteiger partial charge in [-0.2, -0.15) is 0 Å². The minimum atomic E-state index is -5.14. The van der Waals surface area contributed by atoms with Crippen molar-refractivity contribution in [2.45, 2.75) is 58.2 Å². The molecule has 0 atom stereocenters. The number of hydrogen-bond acceptors (Lipinski definition) is 4. The van der Waals surface area contributed by atoms with Crippen LogP contribution < -0.4 is 0 Å². The fraction of sp³-hybridized carbons (Fsp3) is 1.00. The van der Waals surface area contributed by atoms with Gasteiger partial charge < -0.3 is 0 Å². The summed E-state index contributed by atoms with van der Waals surface area (Å²) in [6.07, 6.45) is 0. The number of rotatable bonds is 5. The van der Waals surface area contributed by atoms with Crippen LogP contribution in [-0.4, -0.2) is 17.9 Å². The van der Waals surface area contributed by atoms with E-state index >= 15 is 0 Å². The van der Waals surface area contributed by atoms with Gasteiger partial charge in [-0.05, 0) is 0 Å². The van der Waals surface area contributed by atoms with E-state index in [1.165, 1.54) is 0 Å². The van der Waals surface area contributed by atoms with E-state index in [0.717, 1.165) is 0 Å². The predicted molar refractivity (Wildman–Crippen MR) is 58.8 cm³/mol. The van der Waals surface area contributed by atoms with E-state index in [0.29, 0.717) is 0 Å². The fourth-order valence-electron chi connectivity index (χ4n) is 2.59. The Labute approximate surface area is 100 Å². The fourth-order valence-corrected chi connectivity index (χ4v) is 16.5. The standard InChI is InChI=1S/C9H21OSi.3H2O.Zr/c1-7(2)11(10,8(3)4)9(5)6;;;;/h7-9H,1-6H3;3*1H2;/q-1;;;;+4/p-3. The zero-order valence-corrected chi connectivity index (χ0v) is 13.9. The van der Waals surface area contributed by atoms with Crippen LogP contribution in [0.4, 0.5) is 0 Å². The quantitative estimate of drug-likeness (QED) is 0.678. The Hall–Kier alpha value is 0.940. The summed E-state index contributed by atoms with van der Waals surface area (Å²) in [6.45, 7) is 12.2. The molecule has 0 fully saturated rings. The molecule has 4 nitrogen and oxygen atoms in total. The van der Waals surface area contributed by atoms with E-state index in [4.69, 9.17) is 2.50 Å². The van der Waals surface area contributed by atoms with Crippen LogP contribution >= 0.6 is 0 Å². The van der Waals surface area contributed by atoms with Gasteiger partial charge in [-0.1, -0.05) is 0 Å².